The zero-order valence-electron chi connectivity index (χ0n) is 3.09. The Morgan fingerprint density at radius 3 is 1.83 bits per heavy atom. The molecule has 0 aromatic heterocycles. The number of hydrogen-bond acceptors (Lipinski definition) is 2. The fraction of sp³-hybridized carbons (Fsp3) is 0.333. The molecule has 0 nitrogen and oxygen atoms in total. The maximum absolute atomic E-state index is 2.12. The number of rotatable bonds is 0. The summed E-state index contributed by atoms with van der Waals surface area (Å²) in [6, 6.07) is 0. The van der Waals surface area contributed by atoms with Crippen LogP contribution in [-0.2, 0) is 21.1 Å². The van der Waals surface area contributed by atoms with E-state index in [1.807, 2.05) is 23.5 Å². The van der Waals surface area contributed by atoms with Crippen molar-refractivity contribution in [3.63, 3.8) is 0 Å². The van der Waals surface area contributed by atoms with Gasteiger partial charge in [-0.1, -0.05) is 0 Å². The molecule has 0 atom stereocenters. The molecule has 0 bridgehead atoms. The molecule has 0 fully saturated rings. The van der Waals surface area contributed by atoms with E-state index in [1.54, 1.807) is 0 Å². The Balaban J connectivity index is 0.000000250. The normalized spacial score (nSPS) is 17.3. The molecule has 3 heteroatoms. The summed E-state index contributed by atoms with van der Waals surface area (Å²) in [5.74, 6) is 0. The standard InChI is InChI=1S/C3H4S2.W/c1-2-5-3-4-1;/h1-2H,3H2;. The minimum atomic E-state index is 0. The molecule has 0 saturated heterocycles. The Kier molecular flexibility index (Phi) is 5.10. The first kappa shape index (κ1) is 7.13. The summed E-state index contributed by atoms with van der Waals surface area (Å²) in [6.45, 7) is 0. The average Bonchev–Trinajstić information content (AvgIpc) is 1.76. The molecule has 0 N–H and O–H groups in total. The fourth-order valence-corrected chi connectivity index (χ4v) is 1.77. The van der Waals surface area contributed by atoms with Crippen molar-refractivity contribution in [2.45, 2.75) is 0 Å². The van der Waals surface area contributed by atoms with Crippen molar-refractivity contribution in [2.75, 3.05) is 5.08 Å². The van der Waals surface area contributed by atoms with Gasteiger partial charge in [0.05, 0.1) is 0 Å². The van der Waals surface area contributed by atoms with Gasteiger partial charge in [-0.05, 0) is 10.8 Å². The van der Waals surface area contributed by atoms with Crippen LogP contribution in [0, 0.1) is 0 Å². The van der Waals surface area contributed by atoms with Crippen LogP contribution in [0.15, 0.2) is 10.8 Å². The molecule has 1 aliphatic heterocycles. The summed E-state index contributed by atoms with van der Waals surface area (Å²) in [7, 11) is 0. The van der Waals surface area contributed by atoms with Gasteiger partial charge in [-0.3, -0.25) is 0 Å². The van der Waals surface area contributed by atoms with Gasteiger partial charge < -0.3 is 0 Å². The van der Waals surface area contributed by atoms with Crippen LogP contribution in [0.25, 0.3) is 0 Å². The zero-order valence-corrected chi connectivity index (χ0v) is 7.65. The predicted octanol–water partition coefficient (Wildman–Crippen LogP) is 1.89. The summed E-state index contributed by atoms with van der Waals surface area (Å²) in [5, 5.41) is 5.45. The predicted molar refractivity (Wildman–Crippen MR) is 29.2 cm³/mol. The molecule has 0 spiro atoms. The molecule has 34 valence electrons. The summed E-state index contributed by atoms with van der Waals surface area (Å²) < 4.78 is 0. The Morgan fingerprint density at radius 2 is 1.67 bits per heavy atom. The van der Waals surface area contributed by atoms with Gasteiger partial charge in [0, 0.05) is 26.2 Å². The molecule has 0 aromatic carbocycles. The molecule has 0 unspecified atom stereocenters. The first-order valence-electron chi connectivity index (χ1n) is 1.38. The van der Waals surface area contributed by atoms with E-state index in [9.17, 15) is 0 Å². The second-order valence-corrected chi connectivity index (χ2v) is 2.88. The second-order valence-electron chi connectivity index (χ2n) is 0.723. The first-order valence-corrected chi connectivity index (χ1v) is 3.48. The van der Waals surface area contributed by atoms with Crippen molar-refractivity contribution in [1.82, 2.24) is 0 Å². The largest absolute Gasteiger partial charge is 0.122 e. The van der Waals surface area contributed by atoms with Crippen LogP contribution in [0.4, 0.5) is 0 Å². The Labute approximate surface area is 60.4 Å². The van der Waals surface area contributed by atoms with Crippen LogP contribution in [0.5, 0.6) is 0 Å². The van der Waals surface area contributed by atoms with Crippen molar-refractivity contribution < 1.29 is 21.1 Å². The minimum absolute atomic E-state index is 0. The Morgan fingerprint density at radius 1 is 1.17 bits per heavy atom. The Hall–Kier alpha value is 1.13. The van der Waals surface area contributed by atoms with Crippen molar-refractivity contribution in [3.8, 4) is 0 Å². The molecule has 6 heavy (non-hydrogen) atoms. The SMILES string of the molecule is C1=CSCS1.[W]. The van der Waals surface area contributed by atoms with Crippen LogP contribution in [0.3, 0.4) is 0 Å². The summed E-state index contributed by atoms with van der Waals surface area (Å²) in [4.78, 5) is 0. The summed E-state index contributed by atoms with van der Waals surface area (Å²) in [5.41, 5.74) is 0. The molecule has 0 aliphatic carbocycles. The van der Waals surface area contributed by atoms with Gasteiger partial charge in [-0.2, -0.15) is 0 Å². The van der Waals surface area contributed by atoms with E-state index in [-0.39, 0.29) is 21.1 Å². The molecule has 1 aliphatic rings. The number of hydrogen-bond donors (Lipinski definition) is 0. The van der Waals surface area contributed by atoms with E-state index < -0.39 is 0 Å². The van der Waals surface area contributed by atoms with E-state index in [1.165, 1.54) is 5.08 Å². The van der Waals surface area contributed by atoms with Crippen LogP contribution in [-0.4, -0.2) is 5.08 Å². The molecular weight excluding hydrogens is 284 g/mol. The van der Waals surface area contributed by atoms with Crippen LogP contribution < -0.4 is 0 Å². The molecule has 1 heterocycles. The maximum atomic E-state index is 2.12. The van der Waals surface area contributed by atoms with E-state index in [0.29, 0.717) is 0 Å². The van der Waals surface area contributed by atoms with Crippen molar-refractivity contribution in [1.29, 1.82) is 0 Å². The van der Waals surface area contributed by atoms with Crippen molar-refractivity contribution in [3.05, 3.63) is 10.8 Å². The number of thioether (sulfide) groups is 2. The van der Waals surface area contributed by atoms with E-state index in [2.05, 4.69) is 10.8 Å². The van der Waals surface area contributed by atoms with Gasteiger partial charge >= 0.3 is 0 Å². The topological polar surface area (TPSA) is 0 Å². The zero-order chi connectivity index (χ0) is 3.54. The van der Waals surface area contributed by atoms with Crippen molar-refractivity contribution in [2.24, 2.45) is 0 Å². The van der Waals surface area contributed by atoms with E-state index in [4.69, 9.17) is 0 Å². The van der Waals surface area contributed by atoms with Crippen LogP contribution >= 0.6 is 23.5 Å². The second kappa shape index (κ2) is 4.29. The third-order valence-corrected chi connectivity index (χ3v) is 2.30. The Bertz CT molecular complexity index is 46.8. The third kappa shape index (κ3) is 2.33. The van der Waals surface area contributed by atoms with Gasteiger partial charge in [0.25, 0.3) is 0 Å². The molecule has 0 radical (unpaired) electrons. The molecule has 0 saturated carbocycles. The summed E-state index contributed by atoms with van der Waals surface area (Å²) in [6.07, 6.45) is 0. The monoisotopic (exact) mass is 288 g/mol. The maximum Gasteiger partial charge on any atom is 0.0475 e. The van der Waals surface area contributed by atoms with Crippen LogP contribution in [0.1, 0.15) is 0 Å². The van der Waals surface area contributed by atoms with Gasteiger partial charge in [0.1, 0.15) is 0 Å². The van der Waals surface area contributed by atoms with Gasteiger partial charge in [0.2, 0.25) is 0 Å². The minimum Gasteiger partial charge on any atom is -0.122 e. The van der Waals surface area contributed by atoms with Gasteiger partial charge in [-0.15, -0.1) is 23.5 Å². The van der Waals surface area contributed by atoms with Gasteiger partial charge in [0.15, 0.2) is 0 Å². The van der Waals surface area contributed by atoms with Crippen LogP contribution in [0.2, 0.25) is 0 Å². The summed E-state index contributed by atoms with van der Waals surface area (Å²) >= 11 is 3.71. The molecule has 1 rings (SSSR count). The molecular formula is C3H4S2W. The first-order chi connectivity index (χ1) is 2.50. The quantitative estimate of drug-likeness (QED) is 0.667. The van der Waals surface area contributed by atoms with E-state index >= 15 is 0 Å². The molecule has 0 amide bonds. The van der Waals surface area contributed by atoms with Crippen molar-refractivity contribution >= 4 is 23.5 Å². The average molecular weight is 288 g/mol. The smallest absolute Gasteiger partial charge is 0.0475 e. The van der Waals surface area contributed by atoms with Gasteiger partial charge in [-0.25, -0.2) is 0 Å². The third-order valence-electron chi connectivity index (χ3n) is 0.384. The fourth-order valence-electron chi connectivity index (χ4n) is 0.196. The van der Waals surface area contributed by atoms with E-state index in [0.717, 1.165) is 0 Å². The molecule has 0 aromatic rings.